The molecular weight excluding hydrogens is 725 g/mol. The average molecular weight is 778 g/mol. The highest BCUT2D eigenvalue weighted by Crippen LogP contribution is 2.46. The number of para-hydroxylation sites is 2. The molecule has 0 fully saturated rings. The molecule has 3 heterocycles. The van der Waals surface area contributed by atoms with E-state index in [0.717, 1.165) is 19.3 Å². The van der Waals surface area contributed by atoms with E-state index in [1.165, 1.54) is 94.7 Å². The zero-order valence-corrected chi connectivity index (χ0v) is 35.7. The van der Waals surface area contributed by atoms with Crippen LogP contribution in [0.3, 0.4) is 0 Å². The molecule has 2 aliphatic heterocycles. The molecule has 1 aromatic heterocycles. The molecule has 0 saturated heterocycles. The summed E-state index contributed by atoms with van der Waals surface area (Å²) in [6.07, 6.45) is 15.2. The summed E-state index contributed by atoms with van der Waals surface area (Å²) in [7, 11) is 0. The second-order valence-corrected chi connectivity index (χ2v) is 19.4. The van der Waals surface area contributed by atoms with Gasteiger partial charge < -0.3 is 14.4 Å². The molecule has 2 aliphatic carbocycles. The summed E-state index contributed by atoms with van der Waals surface area (Å²) < 4.78 is 2.47. The van der Waals surface area contributed by atoms with Crippen molar-refractivity contribution in [1.29, 1.82) is 0 Å². The largest absolute Gasteiger partial charge is 0.315 e. The van der Waals surface area contributed by atoms with Gasteiger partial charge in [-0.15, -0.1) is 0 Å². The summed E-state index contributed by atoms with van der Waals surface area (Å²) in [5.74, 6) is 0.494. The van der Waals surface area contributed by atoms with Crippen molar-refractivity contribution in [2.24, 2.45) is 16.7 Å². The Morgan fingerprint density at radius 3 is 1.85 bits per heavy atom. The molecule has 4 heteroatoms. The highest BCUT2D eigenvalue weighted by molar-refractivity contribution is 7.00. The first-order valence-electron chi connectivity index (χ1n) is 21.9. The first-order valence-corrected chi connectivity index (χ1v) is 21.9. The predicted molar refractivity (Wildman–Crippen MR) is 258 cm³/mol. The van der Waals surface area contributed by atoms with Gasteiger partial charge in [0, 0.05) is 50.6 Å². The lowest BCUT2D eigenvalue weighted by Crippen LogP contribution is -2.62. The number of aromatic nitrogens is 1. The van der Waals surface area contributed by atoms with Gasteiger partial charge in [-0.25, -0.2) is 0 Å². The van der Waals surface area contributed by atoms with Crippen LogP contribution in [0.5, 0.6) is 0 Å². The number of nitrogens with zero attached hydrogens (tertiary/aromatic N) is 3. The molecule has 6 aromatic carbocycles. The molecule has 0 N–H and O–H groups in total. The number of rotatable bonds is 4. The maximum atomic E-state index is 2.63. The third kappa shape index (κ3) is 5.79. The standard InChI is InChI=1S/C56H52BN3/c1-55(2,3)39-24-28-41(29-25-39)58-50-21-14-22-51-54(50)57(46-33-23-38(35-52(46)58)37-15-8-7-9-16-37)47-34-32-43(36-53(47)59(51)42-30-26-40(27-31-42)56(4,5)6)60-48-19-12-10-17-44(48)45-18-11-13-20-49(45)60/h7-24,26,28-30,32-36,39H,25,27,31H2,1-6H3. The maximum Gasteiger partial charge on any atom is 0.252 e. The first-order chi connectivity index (χ1) is 29.0. The van der Waals surface area contributed by atoms with Crippen LogP contribution in [-0.4, -0.2) is 11.3 Å². The second-order valence-electron chi connectivity index (χ2n) is 19.4. The van der Waals surface area contributed by atoms with Gasteiger partial charge in [0.05, 0.1) is 11.0 Å². The van der Waals surface area contributed by atoms with Crippen molar-refractivity contribution in [3.8, 4) is 16.8 Å². The molecule has 0 bridgehead atoms. The van der Waals surface area contributed by atoms with Crippen LogP contribution < -0.4 is 26.2 Å². The lowest BCUT2D eigenvalue weighted by molar-refractivity contribution is 0.293. The molecule has 60 heavy (non-hydrogen) atoms. The quantitative estimate of drug-likeness (QED) is 0.165. The number of hydrogen-bond acceptors (Lipinski definition) is 2. The Hall–Kier alpha value is -6.26. The van der Waals surface area contributed by atoms with Crippen LogP contribution in [0.4, 0.5) is 22.7 Å². The molecule has 11 rings (SSSR count). The van der Waals surface area contributed by atoms with Gasteiger partial charge in [0.25, 0.3) is 6.71 Å². The average Bonchev–Trinajstić information content (AvgIpc) is 3.60. The minimum atomic E-state index is 0.0612. The van der Waals surface area contributed by atoms with Crippen molar-refractivity contribution in [3.05, 3.63) is 181 Å². The maximum absolute atomic E-state index is 2.63. The Morgan fingerprint density at radius 2 is 1.22 bits per heavy atom. The van der Waals surface area contributed by atoms with Crippen LogP contribution in [0, 0.1) is 16.7 Å². The van der Waals surface area contributed by atoms with Crippen molar-refractivity contribution < 1.29 is 0 Å². The van der Waals surface area contributed by atoms with Crippen molar-refractivity contribution in [2.75, 3.05) is 9.80 Å². The molecule has 0 spiro atoms. The number of anilines is 4. The van der Waals surface area contributed by atoms with E-state index in [2.05, 4.69) is 220 Å². The van der Waals surface area contributed by atoms with Crippen LogP contribution in [0.1, 0.15) is 60.8 Å². The SMILES string of the molecule is CC(C)(C)C1=CC=C(N2c3cc(-n4c5ccccc5c5ccccc54)ccc3B3c4ccc(-c5ccccc5)cc4N(C4=CCC(C(C)(C)C)C=C4)c4cccc2c43)CC1. The van der Waals surface area contributed by atoms with E-state index < -0.39 is 0 Å². The van der Waals surface area contributed by atoms with E-state index >= 15 is 0 Å². The zero-order chi connectivity index (χ0) is 40.9. The van der Waals surface area contributed by atoms with E-state index in [0.29, 0.717) is 5.92 Å². The van der Waals surface area contributed by atoms with Gasteiger partial charge in [-0.1, -0.05) is 156 Å². The van der Waals surface area contributed by atoms with Gasteiger partial charge in [0.2, 0.25) is 0 Å². The van der Waals surface area contributed by atoms with E-state index in [9.17, 15) is 0 Å². The monoisotopic (exact) mass is 777 g/mol. The normalized spacial score (nSPS) is 17.3. The molecule has 0 saturated carbocycles. The van der Waals surface area contributed by atoms with E-state index in [1.807, 2.05) is 0 Å². The molecule has 1 unspecified atom stereocenters. The van der Waals surface area contributed by atoms with Crippen LogP contribution in [-0.2, 0) is 0 Å². The Labute approximate surface area is 355 Å². The number of allylic oxidation sites excluding steroid dienone is 7. The Bertz CT molecular complexity index is 2950. The van der Waals surface area contributed by atoms with Crippen LogP contribution in [0.25, 0.3) is 38.6 Å². The van der Waals surface area contributed by atoms with E-state index in [-0.39, 0.29) is 17.5 Å². The highest BCUT2D eigenvalue weighted by atomic mass is 15.2. The molecule has 3 nitrogen and oxygen atoms in total. The second kappa shape index (κ2) is 13.6. The van der Waals surface area contributed by atoms with Gasteiger partial charge >= 0.3 is 0 Å². The molecule has 4 aliphatic rings. The summed E-state index contributed by atoms with van der Waals surface area (Å²) in [5, 5.41) is 2.56. The Morgan fingerprint density at radius 1 is 0.567 bits per heavy atom. The summed E-state index contributed by atoms with van der Waals surface area (Å²) >= 11 is 0. The molecule has 0 radical (unpaired) electrons. The minimum absolute atomic E-state index is 0.0612. The predicted octanol–water partition coefficient (Wildman–Crippen LogP) is 13.0. The summed E-state index contributed by atoms with van der Waals surface area (Å²) in [5.41, 5.74) is 19.7. The first kappa shape index (κ1) is 36.8. The molecule has 1 atom stereocenters. The summed E-state index contributed by atoms with van der Waals surface area (Å²) in [6.45, 7) is 14.2. The van der Waals surface area contributed by atoms with Gasteiger partial charge in [-0.05, 0) is 118 Å². The number of fused-ring (bicyclic) bond motifs is 7. The zero-order valence-electron chi connectivity index (χ0n) is 35.7. The lowest BCUT2D eigenvalue weighted by Gasteiger charge is -2.46. The van der Waals surface area contributed by atoms with Crippen LogP contribution in [0.2, 0.25) is 0 Å². The smallest absolute Gasteiger partial charge is 0.252 e. The fourth-order valence-corrected chi connectivity index (χ4v) is 10.5. The van der Waals surface area contributed by atoms with Gasteiger partial charge in [0.1, 0.15) is 0 Å². The highest BCUT2D eigenvalue weighted by Gasteiger charge is 2.44. The minimum Gasteiger partial charge on any atom is -0.315 e. The van der Waals surface area contributed by atoms with Crippen molar-refractivity contribution in [3.63, 3.8) is 0 Å². The van der Waals surface area contributed by atoms with Crippen molar-refractivity contribution in [1.82, 2.24) is 4.57 Å². The van der Waals surface area contributed by atoms with Crippen LogP contribution in [0.15, 0.2) is 181 Å². The van der Waals surface area contributed by atoms with E-state index in [1.54, 1.807) is 0 Å². The van der Waals surface area contributed by atoms with Gasteiger partial charge in [-0.3, -0.25) is 0 Å². The molecular formula is C56H52BN3. The molecule has 294 valence electrons. The van der Waals surface area contributed by atoms with Crippen molar-refractivity contribution in [2.45, 2.75) is 60.8 Å². The van der Waals surface area contributed by atoms with E-state index in [4.69, 9.17) is 0 Å². The topological polar surface area (TPSA) is 11.4 Å². The van der Waals surface area contributed by atoms with Gasteiger partial charge in [-0.2, -0.15) is 0 Å². The number of hydrogen-bond donors (Lipinski definition) is 0. The molecule has 7 aromatic rings. The fraction of sp³-hybridized carbons (Fsp3) is 0.214. The van der Waals surface area contributed by atoms with Crippen molar-refractivity contribution >= 4 is 67.7 Å². The Balaban J connectivity index is 1.17. The van der Waals surface area contributed by atoms with Gasteiger partial charge in [0.15, 0.2) is 0 Å². The summed E-state index contributed by atoms with van der Waals surface area (Å²) in [4.78, 5) is 5.20. The Kier molecular flexibility index (Phi) is 8.37. The third-order valence-corrected chi connectivity index (χ3v) is 13.8. The summed E-state index contributed by atoms with van der Waals surface area (Å²) in [6, 6.07) is 50.2. The third-order valence-electron chi connectivity index (χ3n) is 13.8. The van der Waals surface area contributed by atoms with Crippen LogP contribution >= 0.6 is 0 Å². The molecule has 0 amide bonds. The fourth-order valence-electron chi connectivity index (χ4n) is 10.5. The number of benzene rings is 6. The lowest BCUT2D eigenvalue weighted by atomic mass is 9.33.